The Balaban J connectivity index is 0.000000157. The van der Waals surface area contributed by atoms with Gasteiger partial charge in [0.15, 0.2) is 0 Å². The third-order valence-corrected chi connectivity index (χ3v) is 39.2. The molecule has 0 nitrogen and oxygen atoms in total. The maximum atomic E-state index is 2.42. The quantitative estimate of drug-likeness (QED) is 0.106. The van der Waals surface area contributed by atoms with Crippen LogP contribution in [0.25, 0.3) is 43.1 Å². The van der Waals surface area contributed by atoms with Gasteiger partial charge in [-0.05, 0) is 0 Å². The van der Waals surface area contributed by atoms with Crippen molar-refractivity contribution in [3.8, 4) is 0 Å². The smallest absolute Gasteiger partial charge is 1.00 e. The van der Waals surface area contributed by atoms with Gasteiger partial charge in [0.2, 0.25) is 0 Å². The zero-order chi connectivity index (χ0) is 41.2. The number of rotatable bonds is 8. The summed E-state index contributed by atoms with van der Waals surface area (Å²) in [6, 6.07) is 72.4. The second-order valence-electron chi connectivity index (χ2n) is 19.3. The minimum Gasteiger partial charge on any atom is -1.00 e. The molecule has 8 aromatic carbocycles. The van der Waals surface area contributed by atoms with Crippen LogP contribution in [-0.2, 0) is 52.4 Å². The Bertz CT molecular complexity index is 2280. The molecule has 0 unspecified atom stereocenters. The molecule has 12 rings (SSSR count). The first-order valence-electron chi connectivity index (χ1n) is 24.0. The molecule has 4 fully saturated rings. The molecule has 0 aromatic heterocycles. The van der Waals surface area contributed by atoms with E-state index in [4.69, 9.17) is 0 Å². The van der Waals surface area contributed by atoms with Crippen LogP contribution in [0.5, 0.6) is 0 Å². The Morgan fingerprint density at radius 3 is 0.656 bits per heavy atom. The van der Waals surface area contributed by atoms with E-state index in [0.717, 1.165) is 0 Å². The van der Waals surface area contributed by atoms with E-state index < -0.39 is 32.3 Å². The summed E-state index contributed by atoms with van der Waals surface area (Å²) in [5.74, 6) is 0. The van der Waals surface area contributed by atoms with Gasteiger partial charge < -0.3 is 24.8 Å². The SMILES string of the molecule is CC[Si]1([c-]2ccc3ccccc32)CCC1.CC[Si]1([c-]2ccc3ccccc32)CCC1.CC[Si]1([c-]2ccc3ccccc32)CCC1.CC[Si]1([c-]2ccc3ccccc32)CCC1.[Cl-].[Cl-].[Zr+2].[Zr+2]. The second-order valence-corrected chi connectivity index (χ2v) is 38.5. The molecular weight excluding hydrogens is 1040 g/mol. The normalized spacial score (nSPS) is 17.8. The van der Waals surface area contributed by atoms with Gasteiger partial charge in [-0.1, -0.05) is 150 Å². The minimum atomic E-state index is -1.01. The molecular formula is C56H68Cl2Si4Zr2-2. The molecule has 332 valence electrons. The molecule has 0 spiro atoms. The molecule has 0 bridgehead atoms. The molecule has 0 aliphatic carbocycles. The number of benzene rings is 4. The first kappa shape index (κ1) is 53.5. The monoisotopic (exact) mass is 1100 g/mol. The Hall–Kier alpha value is -1.47. The summed E-state index contributed by atoms with van der Waals surface area (Å²) >= 11 is 0. The van der Waals surface area contributed by atoms with Crippen LogP contribution in [-0.4, -0.2) is 32.3 Å². The second kappa shape index (κ2) is 23.2. The van der Waals surface area contributed by atoms with Crippen molar-refractivity contribution in [1.29, 1.82) is 0 Å². The number of halogens is 2. The van der Waals surface area contributed by atoms with Gasteiger partial charge in [0.25, 0.3) is 0 Å². The molecule has 4 aliphatic heterocycles. The molecule has 4 heterocycles. The third-order valence-electron chi connectivity index (χ3n) is 17.0. The van der Waals surface area contributed by atoms with Crippen molar-refractivity contribution >= 4 is 96.1 Å². The van der Waals surface area contributed by atoms with Crippen molar-refractivity contribution in [1.82, 2.24) is 0 Å². The Kier molecular flexibility index (Phi) is 19.4. The van der Waals surface area contributed by atoms with E-state index in [9.17, 15) is 0 Å². The number of hydrogen-bond acceptors (Lipinski definition) is 0. The molecule has 0 N–H and O–H groups in total. The zero-order valence-corrected chi connectivity index (χ0v) is 49.4. The van der Waals surface area contributed by atoms with E-state index >= 15 is 0 Å². The fourth-order valence-electron chi connectivity index (χ4n) is 12.1. The molecule has 0 radical (unpaired) electrons. The van der Waals surface area contributed by atoms with Gasteiger partial charge in [-0.3, -0.25) is 0 Å². The first-order chi connectivity index (χ1) is 29.4. The largest absolute Gasteiger partial charge is 2.00 e. The van der Waals surface area contributed by atoms with Crippen LogP contribution in [0.1, 0.15) is 53.4 Å². The van der Waals surface area contributed by atoms with Gasteiger partial charge >= 0.3 is 52.4 Å². The summed E-state index contributed by atoms with van der Waals surface area (Å²) in [5.41, 5.74) is 0. The summed E-state index contributed by atoms with van der Waals surface area (Å²) in [6.07, 6.45) is 5.89. The molecule has 8 heteroatoms. The average Bonchev–Trinajstić information content (AvgIpc) is 4.05. The fraction of sp³-hybridized carbons (Fsp3) is 0.357. The summed E-state index contributed by atoms with van der Waals surface area (Å²) in [7, 11) is -4.02. The van der Waals surface area contributed by atoms with Crippen LogP contribution < -0.4 is 45.6 Å². The summed E-state index contributed by atoms with van der Waals surface area (Å²) in [4.78, 5) is 0. The molecule has 0 saturated carbocycles. The van der Waals surface area contributed by atoms with Crippen LogP contribution >= 0.6 is 0 Å². The van der Waals surface area contributed by atoms with Crippen LogP contribution in [0.3, 0.4) is 0 Å². The third kappa shape index (κ3) is 9.99. The fourth-order valence-corrected chi connectivity index (χ4v) is 28.4. The first-order valence-corrected chi connectivity index (χ1v) is 34.5. The van der Waals surface area contributed by atoms with E-state index in [1.807, 2.05) is 0 Å². The van der Waals surface area contributed by atoms with E-state index in [1.54, 1.807) is 42.3 Å². The molecule has 64 heavy (non-hydrogen) atoms. The van der Waals surface area contributed by atoms with E-state index in [2.05, 4.69) is 173 Å². The van der Waals surface area contributed by atoms with Crippen molar-refractivity contribution in [3.63, 3.8) is 0 Å². The minimum absolute atomic E-state index is 0. The number of hydrogen-bond donors (Lipinski definition) is 0. The predicted molar refractivity (Wildman–Crippen MR) is 279 cm³/mol. The predicted octanol–water partition coefficient (Wildman–Crippen LogP) is 8.56. The van der Waals surface area contributed by atoms with Gasteiger partial charge in [-0.25, -0.2) is 0 Å². The van der Waals surface area contributed by atoms with Gasteiger partial charge in [-0.15, -0.1) is 137 Å². The van der Waals surface area contributed by atoms with Crippen LogP contribution in [0.2, 0.25) is 72.5 Å². The molecule has 8 aromatic rings. The summed E-state index contributed by atoms with van der Waals surface area (Å²) in [6.45, 7) is 9.58. The topological polar surface area (TPSA) is 0 Å². The summed E-state index contributed by atoms with van der Waals surface area (Å²) < 4.78 is 0. The van der Waals surface area contributed by atoms with Gasteiger partial charge in [0.1, 0.15) is 0 Å². The van der Waals surface area contributed by atoms with Crippen molar-refractivity contribution in [2.24, 2.45) is 0 Å². The van der Waals surface area contributed by atoms with Gasteiger partial charge in [0, 0.05) is 32.3 Å². The van der Waals surface area contributed by atoms with Crippen molar-refractivity contribution in [2.45, 2.75) is 126 Å². The Morgan fingerprint density at radius 2 is 0.500 bits per heavy atom. The van der Waals surface area contributed by atoms with E-state index in [1.165, 1.54) is 120 Å². The molecule has 4 aliphatic rings. The molecule has 4 saturated heterocycles. The maximum Gasteiger partial charge on any atom is 2.00 e. The van der Waals surface area contributed by atoms with Gasteiger partial charge in [-0.2, -0.15) is 48.5 Å². The molecule has 0 amide bonds. The molecule has 0 atom stereocenters. The van der Waals surface area contributed by atoms with Gasteiger partial charge in [0.05, 0.1) is 0 Å². The standard InChI is InChI=1S/4C14H17Si.2ClH.2Zr/c4*1-2-15(10-5-11-15)14-9-8-12-6-3-4-7-13(12)14;;;;/h4*3-4,6-9H,2,5,10-11H2,1H3;2*1H;;/q4*-1;;;2*+2/p-2. The van der Waals surface area contributed by atoms with E-state index in [0.29, 0.717) is 0 Å². The van der Waals surface area contributed by atoms with Crippen LogP contribution in [0.4, 0.5) is 0 Å². The Morgan fingerprint density at radius 1 is 0.312 bits per heavy atom. The zero-order valence-electron chi connectivity index (χ0n) is 38.9. The van der Waals surface area contributed by atoms with E-state index in [-0.39, 0.29) is 77.2 Å². The average molecular weight is 1110 g/mol. The van der Waals surface area contributed by atoms with Crippen molar-refractivity contribution in [3.05, 3.63) is 146 Å². The number of fused-ring (bicyclic) bond motifs is 4. The Labute approximate surface area is 440 Å². The van der Waals surface area contributed by atoms with Crippen LogP contribution in [0.15, 0.2) is 146 Å². The summed E-state index contributed by atoms with van der Waals surface area (Å²) in [5, 5.41) is 18.9. The van der Waals surface area contributed by atoms with Crippen molar-refractivity contribution < 1.29 is 77.2 Å². The van der Waals surface area contributed by atoms with Crippen molar-refractivity contribution in [2.75, 3.05) is 0 Å². The van der Waals surface area contributed by atoms with Crippen LogP contribution in [0, 0.1) is 0 Å². The maximum absolute atomic E-state index is 2.42.